The van der Waals surface area contributed by atoms with Gasteiger partial charge in [-0.1, -0.05) is 49.4 Å². The fraction of sp³-hybridized carbons (Fsp3) is 0.125. The van der Waals surface area contributed by atoms with Gasteiger partial charge in [0.05, 0.1) is 0 Å². The number of pyridine rings is 1. The fourth-order valence-corrected chi connectivity index (χ4v) is 2.11. The van der Waals surface area contributed by atoms with Gasteiger partial charge in [-0.2, -0.15) is 0 Å². The summed E-state index contributed by atoms with van der Waals surface area (Å²) in [6, 6.07) is 14.3. The van der Waals surface area contributed by atoms with Crippen molar-refractivity contribution < 1.29 is 0 Å². The molecule has 0 bridgehead atoms. The number of hydrogen-bond acceptors (Lipinski definition) is 2. The van der Waals surface area contributed by atoms with Crippen LogP contribution in [0.5, 0.6) is 0 Å². The Morgan fingerprint density at radius 2 is 1.84 bits per heavy atom. The molecule has 0 saturated heterocycles. The maximum atomic E-state index is 4.26. The SMILES string of the molecule is CCc1nnc2c(C=Cc3ccccc3)cccn12. The van der Waals surface area contributed by atoms with E-state index in [1.54, 1.807) is 0 Å². The minimum Gasteiger partial charge on any atom is -0.286 e. The molecule has 0 amide bonds. The molecule has 0 saturated carbocycles. The summed E-state index contributed by atoms with van der Waals surface area (Å²) in [5, 5.41) is 8.47. The summed E-state index contributed by atoms with van der Waals surface area (Å²) in [7, 11) is 0. The number of hydrogen-bond donors (Lipinski definition) is 0. The molecule has 3 aromatic rings. The summed E-state index contributed by atoms with van der Waals surface area (Å²) in [5.74, 6) is 0.991. The Balaban J connectivity index is 2.02. The van der Waals surface area contributed by atoms with Gasteiger partial charge in [-0.15, -0.1) is 10.2 Å². The molecular formula is C16H15N3. The number of nitrogens with zero attached hydrogens (tertiary/aromatic N) is 3. The third-order valence-corrected chi connectivity index (χ3v) is 3.11. The summed E-state index contributed by atoms with van der Waals surface area (Å²) in [6.45, 7) is 2.09. The zero-order valence-electron chi connectivity index (χ0n) is 10.8. The first-order valence-electron chi connectivity index (χ1n) is 6.44. The summed E-state index contributed by atoms with van der Waals surface area (Å²) >= 11 is 0. The van der Waals surface area contributed by atoms with Crippen LogP contribution < -0.4 is 0 Å². The maximum Gasteiger partial charge on any atom is 0.168 e. The van der Waals surface area contributed by atoms with Crippen molar-refractivity contribution in [2.75, 3.05) is 0 Å². The molecule has 0 fully saturated rings. The molecule has 2 heterocycles. The Bertz CT molecular complexity index is 711. The van der Waals surface area contributed by atoms with Crippen LogP contribution in [0.2, 0.25) is 0 Å². The molecule has 19 heavy (non-hydrogen) atoms. The molecule has 0 spiro atoms. The Hall–Kier alpha value is -2.42. The lowest BCUT2D eigenvalue weighted by Gasteiger charge is -1.99. The lowest BCUT2D eigenvalue weighted by Crippen LogP contribution is -1.92. The van der Waals surface area contributed by atoms with Gasteiger partial charge in [0, 0.05) is 18.2 Å². The first-order chi connectivity index (χ1) is 9.38. The minimum atomic E-state index is 0.882. The van der Waals surface area contributed by atoms with Crippen LogP contribution >= 0.6 is 0 Å². The van der Waals surface area contributed by atoms with Crippen molar-refractivity contribution in [3.05, 3.63) is 65.6 Å². The van der Waals surface area contributed by atoms with Crippen molar-refractivity contribution in [1.82, 2.24) is 14.6 Å². The van der Waals surface area contributed by atoms with Crippen molar-refractivity contribution in [3.8, 4) is 0 Å². The highest BCUT2D eigenvalue weighted by molar-refractivity contribution is 5.76. The van der Waals surface area contributed by atoms with Gasteiger partial charge in [0.25, 0.3) is 0 Å². The Labute approximate surface area is 112 Å². The molecule has 0 aliphatic carbocycles. The smallest absolute Gasteiger partial charge is 0.168 e. The van der Waals surface area contributed by atoms with E-state index in [1.165, 1.54) is 5.56 Å². The normalized spacial score (nSPS) is 11.4. The number of aromatic nitrogens is 3. The molecule has 0 radical (unpaired) electrons. The molecule has 0 N–H and O–H groups in total. The molecule has 1 aromatic carbocycles. The van der Waals surface area contributed by atoms with E-state index in [0.29, 0.717) is 0 Å². The lowest BCUT2D eigenvalue weighted by molar-refractivity contribution is 0.909. The highest BCUT2D eigenvalue weighted by Gasteiger charge is 2.05. The Kier molecular flexibility index (Phi) is 3.11. The molecule has 0 aliphatic rings. The number of rotatable bonds is 3. The molecule has 0 aliphatic heterocycles. The molecule has 2 aromatic heterocycles. The standard InChI is InChI=1S/C16H15N3/c1-2-15-17-18-16-14(9-6-12-19(15)16)11-10-13-7-4-3-5-8-13/h3-12H,2H2,1H3. The topological polar surface area (TPSA) is 30.2 Å². The predicted octanol–water partition coefficient (Wildman–Crippen LogP) is 3.46. The van der Waals surface area contributed by atoms with Crippen molar-refractivity contribution >= 4 is 17.8 Å². The first kappa shape index (κ1) is 11.7. The highest BCUT2D eigenvalue weighted by atomic mass is 15.2. The monoisotopic (exact) mass is 249 g/mol. The number of benzene rings is 1. The second-order valence-electron chi connectivity index (χ2n) is 4.37. The average molecular weight is 249 g/mol. The lowest BCUT2D eigenvalue weighted by atomic mass is 10.1. The fourth-order valence-electron chi connectivity index (χ4n) is 2.11. The quantitative estimate of drug-likeness (QED) is 0.711. The van der Waals surface area contributed by atoms with E-state index < -0.39 is 0 Å². The molecular weight excluding hydrogens is 234 g/mol. The second-order valence-corrected chi connectivity index (χ2v) is 4.37. The Morgan fingerprint density at radius 1 is 1.00 bits per heavy atom. The first-order valence-corrected chi connectivity index (χ1v) is 6.44. The van der Waals surface area contributed by atoms with Gasteiger partial charge in [-0.05, 0) is 17.7 Å². The zero-order valence-corrected chi connectivity index (χ0v) is 10.8. The van der Waals surface area contributed by atoms with E-state index in [4.69, 9.17) is 0 Å². The number of aryl methyl sites for hydroxylation is 1. The Morgan fingerprint density at radius 3 is 2.63 bits per heavy atom. The van der Waals surface area contributed by atoms with Crippen LogP contribution in [-0.4, -0.2) is 14.6 Å². The maximum absolute atomic E-state index is 4.26. The van der Waals surface area contributed by atoms with Crippen LogP contribution in [0.25, 0.3) is 17.8 Å². The largest absolute Gasteiger partial charge is 0.286 e. The third-order valence-electron chi connectivity index (χ3n) is 3.11. The van der Waals surface area contributed by atoms with Crippen LogP contribution in [0, 0.1) is 0 Å². The van der Waals surface area contributed by atoms with Gasteiger partial charge in [0.1, 0.15) is 5.82 Å². The van der Waals surface area contributed by atoms with Gasteiger partial charge in [0.2, 0.25) is 0 Å². The summed E-state index contributed by atoms with van der Waals surface area (Å²) in [4.78, 5) is 0. The third kappa shape index (κ3) is 2.27. The molecule has 0 unspecified atom stereocenters. The molecule has 3 nitrogen and oxygen atoms in total. The van der Waals surface area contributed by atoms with Crippen LogP contribution in [0.4, 0.5) is 0 Å². The van der Waals surface area contributed by atoms with E-state index in [2.05, 4.69) is 47.5 Å². The summed E-state index contributed by atoms with van der Waals surface area (Å²) in [5.41, 5.74) is 3.17. The van der Waals surface area contributed by atoms with E-state index in [-0.39, 0.29) is 0 Å². The average Bonchev–Trinajstić information content (AvgIpc) is 2.90. The zero-order chi connectivity index (χ0) is 13.1. The van der Waals surface area contributed by atoms with Crippen molar-refractivity contribution in [3.63, 3.8) is 0 Å². The van der Waals surface area contributed by atoms with Crippen LogP contribution in [0.15, 0.2) is 48.7 Å². The minimum absolute atomic E-state index is 0.882. The molecule has 0 atom stereocenters. The van der Waals surface area contributed by atoms with Gasteiger partial charge < -0.3 is 0 Å². The van der Waals surface area contributed by atoms with Gasteiger partial charge in [-0.25, -0.2) is 0 Å². The second kappa shape index (κ2) is 5.06. The van der Waals surface area contributed by atoms with Crippen LogP contribution in [0.3, 0.4) is 0 Å². The number of fused-ring (bicyclic) bond motifs is 1. The molecule has 3 heteroatoms. The van der Waals surface area contributed by atoms with Crippen LogP contribution in [-0.2, 0) is 6.42 Å². The van der Waals surface area contributed by atoms with Crippen molar-refractivity contribution in [2.45, 2.75) is 13.3 Å². The van der Waals surface area contributed by atoms with E-state index in [9.17, 15) is 0 Å². The molecule has 3 rings (SSSR count). The van der Waals surface area contributed by atoms with Gasteiger partial charge >= 0.3 is 0 Å². The van der Waals surface area contributed by atoms with Crippen molar-refractivity contribution in [1.29, 1.82) is 0 Å². The van der Waals surface area contributed by atoms with Gasteiger partial charge in [-0.3, -0.25) is 4.40 Å². The van der Waals surface area contributed by atoms with Gasteiger partial charge in [0.15, 0.2) is 5.65 Å². The summed E-state index contributed by atoms with van der Waals surface area (Å²) < 4.78 is 2.05. The highest BCUT2D eigenvalue weighted by Crippen LogP contribution is 2.14. The van der Waals surface area contributed by atoms with E-state index in [1.807, 2.05) is 34.9 Å². The van der Waals surface area contributed by atoms with Crippen molar-refractivity contribution in [2.24, 2.45) is 0 Å². The van der Waals surface area contributed by atoms with E-state index in [0.717, 1.165) is 23.5 Å². The van der Waals surface area contributed by atoms with E-state index >= 15 is 0 Å². The predicted molar refractivity (Wildman–Crippen MR) is 77.7 cm³/mol. The summed E-state index contributed by atoms with van der Waals surface area (Å²) in [6.07, 6.45) is 7.06. The van der Waals surface area contributed by atoms with Crippen LogP contribution in [0.1, 0.15) is 23.9 Å². The molecule has 94 valence electrons.